The molecule has 0 spiro atoms. The van der Waals surface area contributed by atoms with Crippen LogP contribution in [0.2, 0.25) is 10.0 Å². The van der Waals surface area contributed by atoms with Gasteiger partial charge in [0, 0.05) is 10.0 Å². The van der Waals surface area contributed by atoms with E-state index in [-0.39, 0.29) is 9.79 Å². The first-order valence-corrected chi connectivity index (χ1v) is 12.5. The minimum atomic E-state index is -3.77. The summed E-state index contributed by atoms with van der Waals surface area (Å²) in [5.41, 5.74) is 3.09. The molecule has 0 bridgehead atoms. The molecule has 5 heteroatoms. The molecule has 0 saturated carbocycles. The molecule has 0 N–H and O–H groups in total. The van der Waals surface area contributed by atoms with Gasteiger partial charge >= 0.3 is 0 Å². The van der Waals surface area contributed by atoms with Crippen LogP contribution < -0.4 is 0 Å². The van der Waals surface area contributed by atoms with Gasteiger partial charge in [-0.3, -0.25) is 0 Å². The molecule has 33 heavy (non-hydrogen) atoms. The number of hydrogen-bond donors (Lipinski definition) is 0. The highest BCUT2D eigenvalue weighted by Crippen LogP contribution is 2.29. The van der Waals surface area contributed by atoms with Crippen molar-refractivity contribution in [2.75, 3.05) is 0 Å². The van der Waals surface area contributed by atoms with Crippen LogP contribution >= 0.6 is 23.2 Å². The molecule has 0 aliphatic heterocycles. The van der Waals surface area contributed by atoms with Gasteiger partial charge in [-0.05, 0) is 58.7 Å². The molecular weight excluding hydrogens is 471 g/mol. The van der Waals surface area contributed by atoms with Crippen molar-refractivity contribution in [3.05, 3.63) is 129 Å². The van der Waals surface area contributed by atoms with Crippen molar-refractivity contribution in [3.8, 4) is 0 Å². The summed E-state index contributed by atoms with van der Waals surface area (Å²) in [6.07, 6.45) is 7.36. The van der Waals surface area contributed by atoms with Crippen molar-refractivity contribution < 1.29 is 8.42 Å². The van der Waals surface area contributed by atoms with Crippen molar-refractivity contribution in [1.82, 2.24) is 0 Å². The van der Waals surface area contributed by atoms with Crippen LogP contribution in [0.1, 0.15) is 22.3 Å². The first-order valence-electron chi connectivity index (χ1n) is 10.2. The summed E-state index contributed by atoms with van der Waals surface area (Å²) in [4.78, 5) is 0.505. The Balaban J connectivity index is 1.71. The highest BCUT2D eigenvalue weighted by molar-refractivity contribution is 7.91. The van der Waals surface area contributed by atoms with Crippen molar-refractivity contribution >= 4 is 57.3 Å². The fourth-order valence-corrected chi connectivity index (χ4v) is 5.26. The molecule has 164 valence electrons. The van der Waals surface area contributed by atoms with Crippen LogP contribution in [0.25, 0.3) is 24.3 Å². The summed E-state index contributed by atoms with van der Waals surface area (Å²) in [5.74, 6) is 0. The second-order valence-corrected chi connectivity index (χ2v) is 10.1. The Bertz CT molecular complexity index is 1310. The van der Waals surface area contributed by atoms with Crippen LogP contribution in [0, 0.1) is 0 Å². The van der Waals surface area contributed by atoms with E-state index in [0.717, 1.165) is 11.1 Å². The minimum Gasteiger partial charge on any atom is -0.218 e. The van der Waals surface area contributed by atoms with E-state index >= 15 is 0 Å². The molecule has 0 heterocycles. The normalized spacial score (nSPS) is 11.9. The molecule has 0 fully saturated rings. The fourth-order valence-electron chi connectivity index (χ4n) is 3.36. The van der Waals surface area contributed by atoms with E-state index in [1.807, 2.05) is 60.7 Å². The second kappa shape index (κ2) is 10.2. The third kappa shape index (κ3) is 5.63. The predicted molar refractivity (Wildman–Crippen MR) is 139 cm³/mol. The van der Waals surface area contributed by atoms with E-state index in [1.165, 1.54) is 0 Å². The third-order valence-electron chi connectivity index (χ3n) is 5.07. The zero-order valence-corrected chi connectivity index (χ0v) is 19.9. The first-order chi connectivity index (χ1) is 15.9. The molecule has 0 aliphatic rings. The molecule has 4 aromatic carbocycles. The Morgan fingerprint density at radius 2 is 0.848 bits per heavy atom. The van der Waals surface area contributed by atoms with Gasteiger partial charge < -0.3 is 0 Å². The molecule has 0 saturated heterocycles. The molecule has 0 aliphatic carbocycles. The molecule has 0 unspecified atom stereocenters. The summed E-state index contributed by atoms with van der Waals surface area (Å²) in [5, 5.41) is 1.30. The number of halogens is 2. The van der Waals surface area contributed by atoms with E-state index in [1.54, 1.807) is 60.7 Å². The van der Waals surface area contributed by atoms with Gasteiger partial charge in [0.15, 0.2) is 0 Å². The van der Waals surface area contributed by atoms with Crippen molar-refractivity contribution in [3.63, 3.8) is 0 Å². The zero-order chi connectivity index (χ0) is 23.3. The maximum Gasteiger partial charge on any atom is 0.207 e. The molecule has 0 radical (unpaired) electrons. The molecule has 0 amide bonds. The van der Waals surface area contributed by atoms with Gasteiger partial charge in [0.25, 0.3) is 0 Å². The van der Waals surface area contributed by atoms with Crippen LogP contribution in [-0.2, 0) is 9.84 Å². The third-order valence-corrected chi connectivity index (χ3v) is 7.47. The zero-order valence-electron chi connectivity index (χ0n) is 17.5. The largest absolute Gasteiger partial charge is 0.218 e. The van der Waals surface area contributed by atoms with E-state index in [4.69, 9.17) is 23.2 Å². The van der Waals surface area contributed by atoms with Gasteiger partial charge in [0.1, 0.15) is 0 Å². The van der Waals surface area contributed by atoms with Gasteiger partial charge in [0.05, 0.1) is 9.79 Å². The molecular formula is C28H20Cl2O2S. The Labute approximate surface area is 204 Å². The van der Waals surface area contributed by atoms with E-state index in [0.29, 0.717) is 21.2 Å². The number of sulfone groups is 1. The van der Waals surface area contributed by atoms with Gasteiger partial charge in [-0.25, -0.2) is 8.42 Å². The monoisotopic (exact) mass is 490 g/mol. The Kier molecular flexibility index (Phi) is 7.14. The van der Waals surface area contributed by atoms with Crippen molar-refractivity contribution in [1.29, 1.82) is 0 Å². The lowest BCUT2D eigenvalue weighted by molar-refractivity contribution is 0.596. The average molecular weight is 491 g/mol. The smallest absolute Gasteiger partial charge is 0.207 e. The van der Waals surface area contributed by atoms with Crippen LogP contribution in [0.15, 0.2) is 107 Å². The van der Waals surface area contributed by atoms with Crippen molar-refractivity contribution in [2.45, 2.75) is 9.79 Å². The lowest BCUT2D eigenvalue weighted by Gasteiger charge is -2.11. The minimum absolute atomic E-state index is 0.252. The summed E-state index contributed by atoms with van der Waals surface area (Å²) in [7, 11) is -3.77. The lowest BCUT2D eigenvalue weighted by atomic mass is 10.1. The molecule has 4 rings (SSSR count). The highest BCUT2D eigenvalue weighted by Gasteiger charge is 2.22. The van der Waals surface area contributed by atoms with Crippen LogP contribution in [0.4, 0.5) is 0 Å². The average Bonchev–Trinajstić information content (AvgIpc) is 2.84. The van der Waals surface area contributed by atoms with E-state index in [9.17, 15) is 8.42 Å². The maximum absolute atomic E-state index is 13.7. The second-order valence-electron chi connectivity index (χ2n) is 7.35. The Morgan fingerprint density at radius 3 is 1.24 bits per heavy atom. The van der Waals surface area contributed by atoms with Crippen LogP contribution in [-0.4, -0.2) is 8.42 Å². The molecule has 0 atom stereocenters. The summed E-state index contributed by atoms with van der Waals surface area (Å²) < 4.78 is 27.4. The van der Waals surface area contributed by atoms with E-state index < -0.39 is 9.84 Å². The molecule has 4 aromatic rings. The number of rotatable bonds is 6. The quantitative estimate of drug-likeness (QED) is 0.255. The number of hydrogen-bond acceptors (Lipinski definition) is 2. The summed E-state index contributed by atoms with van der Waals surface area (Å²) >= 11 is 11.9. The molecule has 2 nitrogen and oxygen atoms in total. The predicted octanol–water partition coefficient (Wildman–Crippen LogP) is 8.17. The standard InChI is InChI=1S/C28H20Cl2O2S/c29-25-17-11-21(12-18-25)9-15-23-5-1-3-7-27(23)33(31,32)28-8-4-2-6-24(28)16-10-22-13-19-26(30)20-14-22/h1-20H/b15-9+,16-10+. The fraction of sp³-hybridized carbons (Fsp3) is 0. The van der Waals surface area contributed by atoms with Crippen LogP contribution in [0.5, 0.6) is 0 Å². The van der Waals surface area contributed by atoms with Gasteiger partial charge in [0.2, 0.25) is 9.84 Å². The molecule has 0 aromatic heterocycles. The topological polar surface area (TPSA) is 34.1 Å². The SMILES string of the molecule is O=S(=O)(c1ccccc1/C=C/c1ccc(Cl)cc1)c1ccccc1/C=C/c1ccc(Cl)cc1. The van der Waals surface area contributed by atoms with Gasteiger partial charge in [-0.15, -0.1) is 0 Å². The summed E-state index contributed by atoms with van der Waals surface area (Å²) in [6, 6.07) is 28.7. The Morgan fingerprint density at radius 1 is 0.485 bits per heavy atom. The highest BCUT2D eigenvalue weighted by atomic mass is 35.5. The Hall–Kier alpha value is -3.11. The van der Waals surface area contributed by atoms with E-state index in [2.05, 4.69) is 0 Å². The maximum atomic E-state index is 13.7. The van der Waals surface area contributed by atoms with Crippen LogP contribution in [0.3, 0.4) is 0 Å². The summed E-state index contributed by atoms with van der Waals surface area (Å²) in [6.45, 7) is 0. The number of benzene rings is 4. The van der Waals surface area contributed by atoms with Gasteiger partial charge in [-0.1, -0.05) is 108 Å². The lowest BCUT2D eigenvalue weighted by Crippen LogP contribution is -2.05. The first kappa shape index (κ1) is 23.1. The van der Waals surface area contributed by atoms with Gasteiger partial charge in [-0.2, -0.15) is 0 Å². The van der Waals surface area contributed by atoms with Crippen molar-refractivity contribution in [2.24, 2.45) is 0 Å².